The molecule has 0 aliphatic heterocycles. The number of aliphatic hydroxyl groups excluding tert-OH is 3. The van der Waals surface area contributed by atoms with Crippen LogP contribution >= 0.6 is 10.8 Å². The summed E-state index contributed by atoms with van der Waals surface area (Å²) in [7, 11) is -1.10. The highest BCUT2D eigenvalue weighted by molar-refractivity contribution is 8.22. The molecule has 2 aromatic rings. The molecule has 9 N–H and O–H groups in total. The number of hydrogen-bond donors (Lipinski definition) is 9. The van der Waals surface area contributed by atoms with E-state index >= 15 is 0 Å². The number of aliphatic hydroxyl groups is 4. The molecule has 0 radical (unpaired) electrons. The van der Waals surface area contributed by atoms with Gasteiger partial charge in [-0.1, -0.05) is 12.1 Å². The van der Waals surface area contributed by atoms with Gasteiger partial charge >= 0.3 is 0 Å². The van der Waals surface area contributed by atoms with Crippen LogP contribution in [0.5, 0.6) is 0 Å². The van der Waals surface area contributed by atoms with E-state index in [-0.39, 0.29) is 43.4 Å². The summed E-state index contributed by atoms with van der Waals surface area (Å²) in [5.41, 5.74) is 0.928. The van der Waals surface area contributed by atoms with Gasteiger partial charge in [-0.05, 0) is 25.5 Å². The summed E-state index contributed by atoms with van der Waals surface area (Å²) >= 11 is 0. The number of nitrogens with zero attached hydrogens (tertiary/aromatic N) is 4. The van der Waals surface area contributed by atoms with Crippen molar-refractivity contribution in [2.45, 2.75) is 25.7 Å². The largest absolute Gasteiger partial charge is 0.396 e. The molecular weight excluding hydrogens is 454 g/mol. The molecule has 1 aromatic heterocycles. The van der Waals surface area contributed by atoms with Crippen molar-refractivity contribution < 1.29 is 29.5 Å². The Bertz CT molecular complexity index is 859. The molecule has 0 fully saturated rings. The van der Waals surface area contributed by atoms with Gasteiger partial charge in [-0.25, -0.2) is 4.72 Å². The van der Waals surface area contributed by atoms with Crippen LogP contribution in [0.25, 0.3) is 0 Å². The van der Waals surface area contributed by atoms with Crippen molar-refractivity contribution in [3.8, 4) is 0 Å². The van der Waals surface area contributed by atoms with Gasteiger partial charge in [0.2, 0.25) is 17.8 Å². The fraction of sp³-hybridized carbons (Fsp3) is 0.526. The minimum atomic E-state index is -2.83. The maximum absolute atomic E-state index is 9.76. The zero-order valence-corrected chi connectivity index (χ0v) is 19.4. The van der Waals surface area contributed by atoms with Crippen molar-refractivity contribution in [1.82, 2.24) is 19.7 Å². The zero-order valence-electron chi connectivity index (χ0n) is 18.6. The predicted molar refractivity (Wildman–Crippen MR) is 128 cm³/mol. The van der Waals surface area contributed by atoms with Crippen LogP contribution in [0.1, 0.15) is 25.2 Å². The molecule has 0 saturated carbocycles. The lowest BCUT2D eigenvalue weighted by Crippen LogP contribution is -2.33. The smallest absolute Gasteiger partial charge is 0.233 e. The highest BCUT2D eigenvalue weighted by atomic mass is 32.3. The van der Waals surface area contributed by atoms with Crippen LogP contribution in [0.2, 0.25) is 0 Å². The molecule has 0 bridgehead atoms. The summed E-state index contributed by atoms with van der Waals surface area (Å²) in [5, 5.41) is 43.2. The van der Waals surface area contributed by atoms with E-state index in [9.17, 15) is 29.5 Å². The van der Waals surface area contributed by atoms with E-state index in [0.29, 0.717) is 24.2 Å². The number of likely N-dealkylation sites (N-methyl/N-ethyl adjacent to an activating group) is 1. The molecule has 13 nitrogen and oxygen atoms in total. The minimum absolute atomic E-state index is 0.125. The first-order valence-corrected chi connectivity index (χ1v) is 12.1. The molecule has 0 saturated heterocycles. The molecule has 1 atom stereocenters. The molecule has 0 amide bonds. The Balaban J connectivity index is 2.23. The van der Waals surface area contributed by atoms with Gasteiger partial charge in [0.05, 0.1) is 12.6 Å². The van der Waals surface area contributed by atoms with Crippen molar-refractivity contribution in [2.75, 3.05) is 54.6 Å². The lowest BCUT2D eigenvalue weighted by Gasteiger charge is -2.32. The summed E-state index contributed by atoms with van der Waals surface area (Å²) in [6.07, 6.45) is -1.28. The van der Waals surface area contributed by atoms with E-state index in [1.807, 2.05) is 0 Å². The number of hydrogen-bond acceptors (Lipinski definition) is 13. The van der Waals surface area contributed by atoms with Gasteiger partial charge in [0, 0.05) is 43.7 Å². The third kappa shape index (κ3) is 8.87. The molecule has 186 valence electrons. The van der Waals surface area contributed by atoms with Crippen molar-refractivity contribution in [3.05, 3.63) is 29.8 Å². The normalized spacial score (nSPS) is 13.1. The van der Waals surface area contributed by atoms with Crippen LogP contribution < -0.4 is 20.3 Å². The molecule has 0 aliphatic rings. The third-order valence-electron chi connectivity index (χ3n) is 4.64. The van der Waals surface area contributed by atoms with Gasteiger partial charge < -0.3 is 36.0 Å². The Hall–Kier alpha value is -2.30. The van der Waals surface area contributed by atoms with E-state index in [0.717, 1.165) is 0 Å². The average Bonchev–Trinajstić information content (AvgIpc) is 2.78. The van der Waals surface area contributed by atoms with Crippen LogP contribution in [0, 0.1) is 0 Å². The Morgan fingerprint density at radius 1 is 1.03 bits per heavy atom. The highest BCUT2D eigenvalue weighted by Gasteiger charge is 2.15. The predicted octanol–water partition coefficient (Wildman–Crippen LogP) is 0.465. The summed E-state index contributed by atoms with van der Waals surface area (Å²) in [6.45, 7) is 1.95. The van der Waals surface area contributed by atoms with Gasteiger partial charge in [0.25, 0.3) is 0 Å². The molecule has 0 aliphatic carbocycles. The van der Waals surface area contributed by atoms with E-state index < -0.39 is 23.1 Å². The topological polar surface area (TPSA) is 199 Å². The van der Waals surface area contributed by atoms with Crippen LogP contribution in [0.4, 0.5) is 23.5 Å². The molecule has 1 heterocycles. The van der Waals surface area contributed by atoms with Crippen LogP contribution in [-0.2, 0) is 0 Å². The quantitative estimate of drug-likeness (QED) is 0.167. The van der Waals surface area contributed by atoms with Gasteiger partial charge in [-0.15, -0.1) is 10.8 Å². The first-order chi connectivity index (χ1) is 15.7. The molecule has 33 heavy (non-hydrogen) atoms. The van der Waals surface area contributed by atoms with Gasteiger partial charge in [-0.3, -0.25) is 9.11 Å². The summed E-state index contributed by atoms with van der Waals surface area (Å²) in [6, 6.07) is 5.89. The van der Waals surface area contributed by atoms with Crippen molar-refractivity contribution in [2.24, 2.45) is 0 Å². The zero-order chi connectivity index (χ0) is 24.4. The van der Waals surface area contributed by atoms with Crippen LogP contribution in [0.3, 0.4) is 0 Å². The second-order valence-electron chi connectivity index (χ2n) is 7.21. The number of rotatable bonds is 14. The lowest BCUT2D eigenvalue weighted by molar-refractivity contribution is -0.0424. The molecule has 2 rings (SSSR count). The lowest BCUT2D eigenvalue weighted by atomic mass is 10.2. The van der Waals surface area contributed by atoms with Crippen molar-refractivity contribution in [3.63, 3.8) is 0 Å². The first-order valence-electron chi connectivity index (χ1n) is 10.4. The molecule has 14 heteroatoms. The van der Waals surface area contributed by atoms with Crippen molar-refractivity contribution in [1.29, 1.82) is 0 Å². The molecule has 1 unspecified atom stereocenters. The second kappa shape index (κ2) is 12.8. The Labute approximate surface area is 194 Å². The molecule has 0 spiro atoms. The SMILES string of the molecule is CCS(O)(O)NCCN(C)c1nc(Nc2ccc(C(O)O)cc2)nc(NC(CO)CCO)n1. The van der Waals surface area contributed by atoms with Crippen LogP contribution in [-0.4, -0.2) is 89.6 Å². The fourth-order valence-corrected chi connectivity index (χ4v) is 3.27. The number of benzene rings is 1. The van der Waals surface area contributed by atoms with E-state index in [1.165, 1.54) is 0 Å². The molecular formula is C19H33N7O6S. The number of nitrogens with one attached hydrogen (secondary N) is 3. The number of aromatic nitrogens is 3. The Morgan fingerprint density at radius 3 is 2.27 bits per heavy atom. The number of anilines is 4. The highest BCUT2D eigenvalue weighted by Crippen LogP contribution is 2.31. The standard InChI is InChI=1S/C19H33N7O6S/c1-3-33(31,32)20-9-10-26(2)19-24-17(21-14-6-4-13(5-7-14)16(29)30)23-18(25-19)22-15(12-28)8-11-27/h4-7,15-16,20,27-32H,3,8-12H2,1-2H3,(H2,21,22,23,24,25). The fourth-order valence-electron chi connectivity index (χ4n) is 2.65. The maximum atomic E-state index is 9.76. The Kier molecular flexibility index (Phi) is 10.5. The van der Waals surface area contributed by atoms with E-state index in [1.54, 1.807) is 43.1 Å². The van der Waals surface area contributed by atoms with Crippen molar-refractivity contribution >= 4 is 34.3 Å². The summed E-state index contributed by atoms with van der Waals surface area (Å²) in [5.74, 6) is 0.852. The Morgan fingerprint density at radius 2 is 1.70 bits per heavy atom. The average molecular weight is 488 g/mol. The minimum Gasteiger partial charge on any atom is -0.396 e. The third-order valence-corrected chi connectivity index (χ3v) is 6.12. The van der Waals surface area contributed by atoms with Gasteiger partial charge in [0.15, 0.2) is 6.29 Å². The summed E-state index contributed by atoms with van der Waals surface area (Å²) in [4.78, 5) is 14.8. The monoisotopic (exact) mass is 487 g/mol. The summed E-state index contributed by atoms with van der Waals surface area (Å²) < 4.78 is 22.2. The van der Waals surface area contributed by atoms with Gasteiger partial charge in [0.1, 0.15) is 0 Å². The van der Waals surface area contributed by atoms with Crippen LogP contribution in [0.15, 0.2) is 24.3 Å². The maximum Gasteiger partial charge on any atom is 0.233 e. The van der Waals surface area contributed by atoms with Gasteiger partial charge in [-0.2, -0.15) is 15.0 Å². The van der Waals surface area contributed by atoms with E-state index in [2.05, 4.69) is 30.3 Å². The van der Waals surface area contributed by atoms with E-state index in [4.69, 9.17) is 0 Å². The molecule has 1 aromatic carbocycles. The first kappa shape index (κ1) is 26.9. The second-order valence-corrected chi connectivity index (χ2v) is 9.41.